The quantitative estimate of drug-likeness (QED) is 0.0202. The maximum atomic E-state index is 14.3. The van der Waals surface area contributed by atoms with Crippen LogP contribution in [0.2, 0.25) is 0 Å². The highest BCUT2D eigenvalue weighted by Crippen LogP contribution is 2.13. The lowest BCUT2D eigenvalue weighted by molar-refractivity contribution is -0.142. The van der Waals surface area contributed by atoms with E-state index in [-0.39, 0.29) is 56.8 Å². The van der Waals surface area contributed by atoms with Gasteiger partial charge in [0.1, 0.15) is 48.0 Å². The predicted molar refractivity (Wildman–Crippen MR) is 263 cm³/mol. The van der Waals surface area contributed by atoms with Gasteiger partial charge in [0.2, 0.25) is 53.2 Å². The highest BCUT2D eigenvalue weighted by atomic mass is 16.4. The number of carbonyl (C=O) groups is 10. The Morgan fingerprint density at radius 1 is 0.514 bits per heavy atom. The second kappa shape index (κ2) is 30.0. The minimum Gasteiger partial charge on any atom is -0.508 e. The Morgan fingerprint density at radius 3 is 1.42 bits per heavy atom. The maximum absolute atomic E-state index is 14.3. The third-order valence-corrected chi connectivity index (χ3v) is 11.1. The molecule has 0 spiro atoms. The molecular weight excluding hydrogens is 939 g/mol. The highest BCUT2D eigenvalue weighted by molar-refractivity contribution is 5.98. The van der Waals surface area contributed by atoms with Gasteiger partial charge in [-0.2, -0.15) is 0 Å². The van der Waals surface area contributed by atoms with Crippen LogP contribution in [-0.2, 0) is 60.8 Å². The van der Waals surface area contributed by atoms with Crippen LogP contribution in [0.4, 0.5) is 0 Å². The summed E-state index contributed by atoms with van der Waals surface area (Å²) < 4.78 is 0. The van der Waals surface area contributed by atoms with E-state index >= 15 is 0 Å². The summed E-state index contributed by atoms with van der Waals surface area (Å²) in [4.78, 5) is 135. The van der Waals surface area contributed by atoms with Crippen LogP contribution in [-0.4, -0.2) is 130 Å². The van der Waals surface area contributed by atoms with Gasteiger partial charge in [-0.3, -0.25) is 48.1 Å². The summed E-state index contributed by atoms with van der Waals surface area (Å²) in [5, 5.41) is 37.0. The van der Waals surface area contributed by atoms with Gasteiger partial charge >= 0.3 is 5.97 Å². The van der Waals surface area contributed by atoms with Crippen molar-refractivity contribution in [3.63, 3.8) is 0 Å². The largest absolute Gasteiger partial charge is 0.508 e. The number of aliphatic imine (C=N–C) groups is 1. The van der Waals surface area contributed by atoms with Gasteiger partial charge in [-0.15, -0.1) is 0 Å². The standard InChI is InChI=1S/C47H71N13O12/c1-24(2)37(44(69)54-26(5)39(64)58-34(46(71)72)23-28-13-15-29(61)16-14-28)59-42(67)32(18-20-36(50)63)56-43(68)33(22-27-10-7-6-8-11-27)57-45(70)38(25(3)4)60-41(66)31(17-19-35(49)62)55-40(65)30(48)12-9-21-53-47(51)52/h6-8,10-11,13-16,24-26,30-34,37-38,61H,9,12,17-23,48H2,1-5H3,(H2,49,62)(H2,50,63)(H,54,69)(H,55,65)(H,56,68)(H,57,70)(H,58,64)(H,59,67)(H,60,66)(H,71,72)(H4,51,52,53). The maximum Gasteiger partial charge on any atom is 0.326 e. The Kier molecular flexibility index (Phi) is 25.1. The first-order valence-corrected chi connectivity index (χ1v) is 23.3. The lowest BCUT2D eigenvalue weighted by atomic mass is 9.99. The van der Waals surface area contributed by atoms with Crippen molar-refractivity contribution in [2.75, 3.05) is 6.54 Å². The number of amides is 9. The van der Waals surface area contributed by atoms with Crippen molar-refractivity contribution in [1.82, 2.24) is 37.2 Å². The van der Waals surface area contributed by atoms with Gasteiger partial charge in [-0.1, -0.05) is 70.2 Å². The summed E-state index contributed by atoms with van der Waals surface area (Å²) in [5.74, 6) is -10.4. The number of guanidine groups is 1. The molecule has 2 aromatic rings. The number of primary amides is 2. The first kappa shape index (κ1) is 60.3. The van der Waals surface area contributed by atoms with Crippen molar-refractivity contribution >= 4 is 65.1 Å². The van der Waals surface area contributed by atoms with Crippen molar-refractivity contribution in [3.05, 3.63) is 65.7 Å². The number of nitrogens with two attached hydrogens (primary N) is 5. The van der Waals surface area contributed by atoms with Gasteiger partial charge in [-0.05, 0) is 67.7 Å². The Bertz CT molecular complexity index is 2220. The number of nitrogens with zero attached hydrogens (tertiary/aromatic N) is 1. The molecule has 72 heavy (non-hydrogen) atoms. The molecule has 0 bridgehead atoms. The Labute approximate surface area is 417 Å². The number of carboxylic acid groups (broad SMARTS) is 1. The van der Waals surface area contributed by atoms with E-state index in [2.05, 4.69) is 42.2 Å². The summed E-state index contributed by atoms with van der Waals surface area (Å²) >= 11 is 0. The molecule has 0 radical (unpaired) electrons. The van der Waals surface area contributed by atoms with Crippen LogP contribution in [0.15, 0.2) is 59.6 Å². The van der Waals surface area contributed by atoms with Gasteiger partial charge in [0.05, 0.1) is 6.04 Å². The van der Waals surface area contributed by atoms with Gasteiger partial charge in [0.25, 0.3) is 0 Å². The summed E-state index contributed by atoms with van der Waals surface area (Å²) in [7, 11) is 0. The van der Waals surface area contributed by atoms with Crippen molar-refractivity contribution in [2.24, 2.45) is 45.5 Å². The number of nitrogens with one attached hydrogen (secondary N) is 7. The summed E-state index contributed by atoms with van der Waals surface area (Å²) in [6.07, 6.45) is -1.16. The van der Waals surface area contributed by atoms with Gasteiger partial charge in [0.15, 0.2) is 5.96 Å². The second-order valence-corrected chi connectivity index (χ2v) is 17.9. The lowest BCUT2D eigenvalue weighted by Crippen LogP contribution is -2.61. The Balaban J connectivity index is 2.34. The number of rotatable bonds is 31. The molecule has 396 valence electrons. The van der Waals surface area contributed by atoms with Crippen LogP contribution in [0, 0.1) is 11.8 Å². The number of hydrogen-bond donors (Lipinski definition) is 14. The second-order valence-electron chi connectivity index (χ2n) is 17.9. The summed E-state index contributed by atoms with van der Waals surface area (Å²) in [6.45, 7) is 7.87. The van der Waals surface area contributed by atoms with E-state index in [4.69, 9.17) is 28.7 Å². The van der Waals surface area contributed by atoms with Gasteiger partial charge < -0.3 is 76.1 Å². The van der Waals surface area contributed by atoms with E-state index in [1.807, 2.05) is 0 Å². The molecule has 0 saturated heterocycles. The normalized spacial score (nSPS) is 14.3. The van der Waals surface area contributed by atoms with E-state index in [0.29, 0.717) is 17.5 Å². The topological polar surface area (TPSA) is 438 Å². The molecule has 25 heteroatoms. The van der Waals surface area contributed by atoms with Crippen molar-refractivity contribution in [3.8, 4) is 5.75 Å². The molecule has 8 unspecified atom stereocenters. The van der Waals surface area contributed by atoms with Crippen LogP contribution < -0.4 is 65.9 Å². The monoisotopic (exact) mass is 1010 g/mol. The number of phenols is 1. The average Bonchev–Trinajstić information content (AvgIpc) is 3.30. The number of aliphatic carboxylic acids is 1. The molecule has 25 nitrogen and oxygen atoms in total. The number of benzene rings is 2. The number of hydrogen-bond acceptors (Lipinski definition) is 13. The molecule has 2 rings (SSSR count). The van der Waals surface area contributed by atoms with Crippen molar-refractivity contribution < 1.29 is 58.2 Å². The Hall–Kier alpha value is -7.83. The molecule has 0 aromatic heterocycles. The molecule has 0 aliphatic carbocycles. The molecule has 0 saturated carbocycles. The summed E-state index contributed by atoms with van der Waals surface area (Å²) in [5.41, 5.74) is 28.5. The zero-order chi connectivity index (χ0) is 54.2. The molecule has 0 aliphatic rings. The van der Waals surface area contributed by atoms with Gasteiger partial charge in [-0.25, -0.2) is 4.79 Å². The molecule has 8 atom stereocenters. The smallest absolute Gasteiger partial charge is 0.326 e. The van der Waals surface area contributed by atoms with E-state index in [0.717, 1.165) is 0 Å². The zero-order valence-electron chi connectivity index (χ0n) is 41.1. The molecule has 2 aromatic carbocycles. The third kappa shape index (κ3) is 21.9. The van der Waals surface area contributed by atoms with E-state index in [1.54, 1.807) is 58.0 Å². The van der Waals surface area contributed by atoms with E-state index < -0.39 is 126 Å². The predicted octanol–water partition coefficient (Wildman–Crippen LogP) is -3.10. The highest BCUT2D eigenvalue weighted by Gasteiger charge is 2.35. The molecule has 0 aliphatic heterocycles. The van der Waals surface area contributed by atoms with Crippen molar-refractivity contribution in [1.29, 1.82) is 0 Å². The van der Waals surface area contributed by atoms with Crippen molar-refractivity contribution in [2.45, 2.75) is 134 Å². The zero-order valence-corrected chi connectivity index (χ0v) is 41.1. The SMILES string of the molecule is CC(NC(=O)C(NC(=O)C(CCC(N)=O)NC(=O)C(Cc1ccccc1)NC(=O)C(NC(=O)C(CCC(N)=O)NC(=O)C(N)CCCN=C(N)N)C(C)C)C(C)C)C(=O)NC(Cc1ccc(O)cc1)C(=O)O. The van der Waals surface area contributed by atoms with Crippen LogP contribution in [0.5, 0.6) is 5.75 Å². The van der Waals surface area contributed by atoms with Crippen LogP contribution in [0.1, 0.15) is 84.3 Å². The summed E-state index contributed by atoms with van der Waals surface area (Å²) in [6, 6.07) is 3.31. The molecule has 19 N–H and O–H groups in total. The fourth-order valence-corrected chi connectivity index (χ4v) is 6.94. The number of aromatic hydroxyl groups is 1. The molecule has 0 heterocycles. The first-order valence-electron chi connectivity index (χ1n) is 23.3. The first-order chi connectivity index (χ1) is 33.8. The van der Waals surface area contributed by atoms with Crippen LogP contribution in [0.3, 0.4) is 0 Å². The van der Waals surface area contributed by atoms with Crippen LogP contribution >= 0.6 is 0 Å². The average molecular weight is 1010 g/mol. The molecular formula is C47H71N13O12. The molecule has 9 amide bonds. The fourth-order valence-electron chi connectivity index (χ4n) is 6.94. The molecule has 0 fully saturated rings. The lowest BCUT2D eigenvalue weighted by Gasteiger charge is -2.29. The fraction of sp³-hybridized carbons (Fsp3) is 0.511. The third-order valence-electron chi connectivity index (χ3n) is 11.1. The number of carboxylic acids is 1. The van der Waals surface area contributed by atoms with Gasteiger partial charge in [0, 0.05) is 32.2 Å². The number of carbonyl (C=O) groups excluding carboxylic acids is 9. The number of phenolic OH excluding ortho intramolecular Hbond substituents is 1. The Morgan fingerprint density at radius 2 is 0.944 bits per heavy atom. The minimum atomic E-state index is -1.53. The van der Waals surface area contributed by atoms with E-state index in [1.165, 1.54) is 31.2 Å². The minimum absolute atomic E-state index is 0.0381. The van der Waals surface area contributed by atoms with E-state index in [9.17, 15) is 58.2 Å². The van der Waals surface area contributed by atoms with Crippen LogP contribution in [0.25, 0.3) is 0 Å².